The molecule has 0 aromatic carbocycles. The van der Waals surface area contributed by atoms with Crippen molar-refractivity contribution < 1.29 is 4.55 Å². The predicted octanol–water partition coefficient (Wildman–Crippen LogP) is 0.718. The molecule has 0 fully saturated rings. The molecule has 6 heteroatoms. The average Bonchev–Trinajstić information content (AvgIpc) is 2.32. The van der Waals surface area contributed by atoms with E-state index in [0.29, 0.717) is 18.0 Å². The lowest BCUT2D eigenvalue weighted by Crippen LogP contribution is -1.95. The van der Waals surface area contributed by atoms with Crippen LogP contribution in [-0.2, 0) is 6.42 Å². The molecule has 0 amide bonds. The highest BCUT2D eigenvalue weighted by atomic mass is 32.2. The smallest absolute Gasteiger partial charge is 0.211 e. The summed E-state index contributed by atoms with van der Waals surface area (Å²) in [6, 6.07) is 0. The first-order valence-corrected chi connectivity index (χ1v) is 4.84. The van der Waals surface area contributed by atoms with E-state index in [4.69, 9.17) is 0 Å². The van der Waals surface area contributed by atoms with Crippen molar-refractivity contribution in [3.05, 3.63) is 5.69 Å². The quantitative estimate of drug-likeness (QED) is 0.546. The molecular weight excluding hydrogens is 182 g/mol. The Hall–Kier alpha value is -0.330. The fraction of sp³-hybridized carbons (Fsp3) is 0.600. The fourth-order valence-electron chi connectivity index (χ4n) is 0.749. The third kappa shape index (κ3) is 2.05. The minimum Gasteiger partial charge on any atom is -0.546 e. The van der Waals surface area contributed by atoms with Crippen molar-refractivity contribution in [2.24, 2.45) is 0 Å². The van der Waals surface area contributed by atoms with Crippen LogP contribution in [0.2, 0.25) is 0 Å². The standard InChI is InChI=1S/C5H9N3OS2/c1-6-5-4(2-3-10)7-11(9)8-5/h10H,2-3H2,1H3,(H,6,8). The van der Waals surface area contributed by atoms with Gasteiger partial charge in [-0.05, 0) is 10.1 Å². The summed E-state index contributed by atoms with van der Waals surface area (Å²) in [5.74, 6) is 1.31. The zero-order valence-corrected chi connectivity index (χ0v) is 7.78. The molecule has 1 rings (SSSR count). The molecule has 11 heavy (non-hydrogen) atoms. The van der Waals surface area contributed by atoms with Crippen LogP contribution >= 0.6 is 23.8 Å². The van der Waals surface area contributed by atoms with Gasteiger partial charge in [0.2, 0.25) is 5.82 Å². The van der Waals surface area contributed by atoms with Crippen LogP contribution in [0.5, 0.6) is 0 Å². The molecule has 4 nitrogen and oxygen atoms in total. The molecule has 1 aromatic rings. The van der Waals surface area contributed by atoms with Gasteiger partial charge in [0.05, 0.1) is 0 Å². The first-order chi connectivity index (χ1) is 5.27. The van der Waals surface area contributed by atoms with Crippen molar-refractivity contribution in [1.82, 2.24) is 8.75 Å². The Bertz CT molecular complexity index is 238. The molecule has 0 aliphatic rings. The number of anilines is 1. The van der Waals surface area contributed by atoms with Gasteiger partial charge in [-0.3, -0.25) is 0 Å². The molecule has 0 aliphatic carbocycles. The Kier molecular flexibility index (Phi) is 3.10. The number of aromatic nitrogens is 2. The van der Waals surface area contributed by atoms with E-state index in [9.17, 15) is 4.55 Å². The lowest BCUT2D eigenvalue weighted by molar-refractivity contribution is 0.584. The van der Waals surface area contributed by atoms with E-state index in [1.165, 1.54) is 0 Å². The maximum atomic E-state index is 10.8. The summed E-state index contributed by atoms with van der Waals surface area (Å²) >= 11 is 2.64. The second-order valence-corrected chi connectivity index (χ2v) is 3.21. The summed E-state index contributed by atoms with van der Waals surface area (Å²) in [6.45, 7) is 0. The number of nitrogens with zero attached hydrogens (tertiary/aromatic N) is 2. The largest absolute Gasteiger partial charge is 0.546 e. The summed E-state index contributed by atoms with van der Waals surface area (Å²) in [4.78, 5) is 0. The SMILES string of the molecule is CNc1n[s+]([O-])nc1CCS. The number of hydrogen-bond acceptors (Lipinski definition) is 5. The first kappa shape index (κ1) is 8.76. The first-order valence-electron chi connectivity index (χ1n) is 3.15. The maximum absolute atomic E-state index is 10.8. The number of nitrogens with one attached hydrogen (secondary N) is 1. The lowest BCUT2D eigenvalue weighted by Gasteiger charge is -1.91. The van der Waals surface area contributed by atoms with Crippen LogP contribution in [0.4, 0.5) is 5.82 Å². The molecule has 1 aromatic heterocycles. The van der Waals surface area contributed by atoms with Gasteiger partial charge in [-0.2, -0.15) is 12.6 Å². The van der Waals surface area contributed by atoms with Gasteiger partial charge in [0.25, 0.3) is 0 Å². The van der Waals surface area contributed by atoms with Crippen molar-refractivity contribution >= 4 is 29.6 Å². The molecule has 0 spiro atoms. The molecule has 0 bridgehead atoms. The van der Waals surface area contributed by atoms with Crippen LogP contribution in [0, 0.1) is 0 Å². The van der Waals surface area contributed by atoms with Crippen LogP contribution in [-0.4, -0.2) is 26.1 Å². The molecule has 1 N–H and O–H groups in total. The highest BCUT2D eigenvalue weighted by molar-refractivity contribution is 7.80. The highest BCUT2D eigenvalue weighted by Crippen LogP contribution is 2.16. The van der Waals surface area contributed by atoms with Gasteiger partial charge in [-0.25, -0.2) is 0 Å². The van der Waals surface area contributed by atoms with Gasteiger partial charge >= 0.3 is 0 Å². The fourth-order valence-corrected chi connectivity index (χ4v) is 1.72. The zero-order valence-electron chi connectivity index (χ0n) is 6.07. The Balaban J connectivity index is 2.83. The van der Waals surface area contributed by atoms with Crippen molar-refractivity contribution in [3.8, 4) is 0 Å². The number of thiol groups is 1. The molecule has 1 atom stereocenters. The summed E-state index contributed by atoms with van der Waals surface area (Å²) in [6.07, 6.45) is 0.703. The van der Waals surface area contributed by atoms with Crippen molar-refractivity contribution in [2.45, 2.75) is 6.42 Å². The van der Waals surface area contributed by atoms with Gasteiger partial charge in [0, 0.05) is 17.8 Å². The summed E-state index contributed by atoms with van der Waals surface area (Å²) in [7, 11) is 1.73. The molecule has 0 radical (unpaired) electrons. The monoisotopic (exact) mass is 191 g/mol. The average molecular weight is 191 g/mol. The minimum absolute atomic E-state index is 0.623. The van der Waals surface area contributed by atoms with E-state index in [2.05, 4.69) is 26.7 Å². The van der Waals surface area contributed by atoms with Crippen molar-refractivity contribution in [1.29, 1.82) is 0 Å². The second kappa shape index (κ2) is 3.89. The Labute approximate surface area is 73.6 Å². The molecule has 1 heterocycles. The number of hydrogen-bond donors (Lipinski definition) is 2. The number of aryl methyl sites for hydroxylation is 1. The number of rotatable bonds is 3. The Morgan fingerprint density at radius 2 is 2.36 bits per heavy atom. The Morgan fingerprint density at radius 3 is 2.91 bits per heavy atom. The van der Waals surface area contributed by atoms with E-state index < -0.39 is 11.1 Å². The third-order valence-corrected chi connectivity index (χ3v) is 2.16. The van der Waals surface area contributed by atoms with Gasteiger partial charge in [0.15, 0.2) is 11.1 Å². The highest BCUT2D eigenvalue weighted by Gasteiger charge is 2.12. The second-order valence-electron chi connectivity index (χ2n) is 1.93. The van der Waals surface area contributed by atoms with E-state index in [-0.39, 0.29) is 0 Å². The lowest BCUT2D eigenvalue weighted by atomic mass is 10.3. The summed E-state index contributed by atoms with van der Waals surface area (Å²) in [5, 5.41) is 2.82. The van der Waals surface area contributed by atoms with Crippen LogP contribution < -0.4 is 5.32 Å². The molecule has 62 valence electrons. The molecule has 0 aliphatic heterocycles. The maximum Gasteiger partial charge on any atom is 0.211 e. The van der Waals surface area contributed by atoms with Gasteiger partial charge < -0.3 is 9.87 Å². The topological polar surface area (TPSA) is 60.9 Å². The Morgan fingerprint density at radius 1 is 1.64 bits per heavy atom. The van der Waals surface area contributed by atoms with Crippen LogP contribution in [0.1, 0.15) is 5.69 Å². The molecular formula is C5H9N3OS2. The normalized spacial score (nSPS) is 11.7. The van der Waals surface area contributed by atoms with Gasteiger partial charge in [-0.1, -0.05) is 0 Å². The van der Waals surface area contributed by atoms with Gasteiger partial charge in [-0.15, -0.1) is 0 Å². The van der Waals surface area contributed by atoms with Crippen molar-refractivity contribution in [2.75, 3.05) is 18.1 Å². The molecule has 1 unspecified atom stereocenters. The molecule has 0 saturated carbocycles. The summed E-state index contributed by atoms with van der Waals surface area (Å²) in [5.41, 5.74) is 0.751. The molecule has 0 saturated heterocycles. The third-order valence-electron chi connectivity index (χ3n) is 1.22. The van der Waals surface area contributed by atoms with E-state index in [0.717, 1.165) is 5.69 Å². The van der Waals surface area contributed by atoms with E-state index in [1.807, 2.05) is 0 Å². The van der Waals surface area contributed by atoms with Crippen LogP contribution in [0.25, 0.3) is 0 Å². The van der Waals surface area contributed by atoms with Gasteiger partial charge in [0.1, 0.15) is 5.69 Å². The van der Waals surface area contributed by atoms with Crippen LogP contribution in [0.3, 0.4) is 0 Å². The van der Waals surface area contributed by atoms with Crippen LogP contribution in [0.15, 0.2) is 0 Å². The van der Waals surface area contributed by atoms with Crippen molar-refractivity contribution in [3.63, 3.8) is 0 Å². The minimum atomic E-state index is -1.40. The van der Waals surface area contributed by atoms with E-state index >= 15 is 0 Å². The predicted molar refractivity (Wildman–Crippen MR) is 47.8 cm³/mol. The zero-order chi connectivity index (χ0) is 8.27. The van der Waals surface area contributed by atoms with E-state index in [1.54, 1.807) is 7.05 Å². The summed E-state index contributed by atoms with van der Waals surface area (Å²) < 4.78 is 18.3.